The van der Waals surface area contributed by atoms with Crippen LogP contribution in [0.4, 0.5) is 4.39 Å². The average Bonchev–Trinajstić information content (AvgIpc) is 3.16. The molecule has 0 bridgehead atoms. The Morgan fingerprint density at radius 3 is 2.80 bits per heavy atom. The lowest BCUT2D eigenvalue weighted by Gasteiger charge is -2.35. The molecule has 1 fully saturated rings. The number of hydrogen-bond acceptors (Lipinski definition) is 8. The number of ether oxygens (including phenoxy) is 2. The molecule has 2 aliphatic heterocycles. The van der Waals surface area contributed by atoms with Gasteiger partial charge in [0.15, 0.2) is 11.7 Å². The summed E-state index contributed by atoms with van der Waals surface area (Å²) in [4.78, 5) is 35.8. The minimum absolute atomic E-state index is 0.0168. The monoisotopic (exact) mass is 505 g/mol. The third-order valence-corrected chi connectivity index (χ3v) is 6.21. The Morgan fingerprint density at radius 1 is 1.40 bits per heavy atom. The van der Waals surface area contributed by atoms with Gasteiger partial charge in [-0.1, -0.05) is 17.7 Å². The van der Waals surface area contributed by atoms with Crippen LogP contribution >= 0.6 is 11.6 Å². The number of esters is 1. The molecule has 3 heterocycles. The number of benzene rings is 1. The zero-order valence-electron chi connectivity index (χ0n) is 19.4. The number of halogens is 2. The highest BCUT2D eigenvalue weighted by atomic mass is 35.5. The van der Waals surface area contributed by atoms with Crippen molar-refractivity contribution in [2.24, 2.45) is 12.0 Å². The maximum Gasteiger partial charge on any atom is 0.338 e. The summed E-state index contributed by atoms with van der Waals surface area (Å²) in [5, 5.41) is 13.0. The van der Waals surface area contributed by atoms with Crippen molar-refractivity contribution in [3.05, 3.63) is 63.6 Å². The topological polar surface area (TPSA) is 118 Å². The number of amidine groups is 1. The Kier molecular flexibility index (Phi) is 7.20. The van der Waals surface area contributed by atoms with Gasteiger partial charge in [0.05, 0.1) is 31.6 Å². The van der Waals surface area contributed by atoms with Crippen LogP contribution in [0.5, 0.6) is 0 Å². The number of aliphatic imine (C=N–C) groups is 1. The SMILES string of the molecule is COC(=O)C1=C(CN2CCOCC2C(=O)O)NC(c2nc(C)cn2C)=NC1c1ccc(F)cc1Cl. The van der Waals surface area contributed by atoms with E-state index >= 15 is 0 Å². The maximum atomic E-state index is 13.8. The molecule has 186 valence electrons. The van der Waals surface area contributed by atoms with Crippen LogP contribution in [0.3, 0.4) is 0 Å². The molecule has 0 aliphatic carbocycles. The molecule has 2 aliphatic rings. The number of morpholine rings is 1. The summed E-state index contributed by atoms with van der Waals surface area (Å²) < 4.78 is 26.0. The standard InChI is InChI=1S/C23H25ClFN5O5/c1-12-9-29(2)21(26-12)20-27-16(10-30-6-7-35-11-17(30)22(31)32)18(23(33)34-3)19(28-20)14-5-4-13(25)8-15(14)24/h4-5,8-9,17,19H,6-7,10-11H2,1-3H3,(H,27,28)(H,31,32). The van der Waals surface area contributed by atoms with Crippen LogP contribution in [-0.4, -0.2) is 76.8 Å². The number of carboxylic acid groups (broad SMARTS) is 1. The summed E-state index contributed by atoms with van der Waals surface area (Å²) in [5.74, 6) is -1.37. The molecule has 0 amide bonds. The van der Waals surface area contributed by atoms with Gasteiger partial charge < -0.3 is 24.5 Å². The Labute approximate surface area is 206 Å². The first kappa shape index (κ1) is 24.8. The Morgan fingerprint density at radius 2 is 2.17 bits per heavy atom. The molecule has 0 radical (unpaired) electrons. The number of imidazole rings is 1. The van der Waals surface area contributed by atoms with Crippen molar-refractivity contribution in [3.63, 3.8) is 0 Å². The molecule has 10 nitrogen and oxygen atoms in total. The number of carbonyl (C=O) groups is 2. The fourth-order valence-electron chi connectivity index (χ4n) is 4.23. The largest absolute Gasteiger partial charge is 0.480 e. The second kappa shape index (κ2) is 10.1. The van der Waals surface area contributed by atoms with Crippen molar-refractivity contribution in [2.45, 2.75) is 19.0 Å². The van der Waals surface area contributed by atoms with Crippen molar-refractivity contribution >= 4 is 29.4 Å². The summed E-state index contributed by atoms with van der Waals surface area (Å²) in [6.07, 6.45) is 1.82. The molecule has 2 aromatic rings. The van der Waals surface area contributed by atoms with Crippen molar-refractivity contribution < 1.29 is 28.6 Å². The summed E-state index contributed by atoms with van der Waals surface area (Å²) in [6, 6.07) is 2.01. The molecule has 0 saturated carbocycles. The quantitative estimate of drug-likeness (QED) is 0.571. The fourth-order valence-corrected chi connectivity index (χ4v) is 4.50. The number of aliphatic carboxylic acids is 1. The molecule has 2 unspecified atom stereocenters. The molecule has 2 atom stereocenters. The molecule has 35 heavy (non-hydrogen) atoms. The first-order valence-electron chi connectivity index (χ1n) is 10.9. The van der Waals surface area contributed by atoms with Crippen LogP contribution in [-0.2, 0) is 26.1 Å². The van der Waals surface area contributed by atoms with Gasteiger partial charge in [-0.2, -0.15) is 0 Å². The predicted octanol–water partition coefficient (Wildman–Crippen LogP) is 1.82. The number of carbonyl (C=O) groups excluding carboxylic acids is 1. The van der Waals surface area contributed by atoms with E-state index < -0.39 is 29.8 Å². The van der Waals surface area contributed by atoms with Crippen LogP contribution in [0.2, 0.25) is 5.02 Å². The fraction of sp³-hybridized carbons (Fsp3) is 0.391. The van der Waals surface area contributed by atoms with Gasteiger partial charge in [0, 0.05) is 42.6 Å². The van der Waals surface area contributed by atoms with Gasteiger partial charge in [-0.3, -0.25) is 14.7 Å². The molecular weight excluding hydrogens is 481 g/mol. The van der Waals surface area contributed by atoms with E-state index in [4.69, 9.17) is 26.1 Å². The van der Waals surface area contributed by atoms with Gasteiger partial charge in [-0.05, 0) is 19.1 Å². The van der Waals surface area contributed by atoms with E-state index in [1.54, 1.807) is 16.5 Å². The minimum Gasteiger partial charge on any atom is -0.480 e. The molecule has 12 heteroatoms. The summed E-state index contributed by atoms with van der Waals surface area (Å²) >= 11 is 6.38. The van der Waals surface area contributed by atoms with Gasteiger partial charge in [0.2, 0.25) is 0 Å². The Balaban J connectivity index is 1.86. The molecule has 1 aromatic heterocycles. The lowest BCUT2D eigenvalue weighted by atomic mass is 9.95. The van der Waals surface area contributed by atoms with Crippen LogP contribution in [0.25, 0.3) is 0 Å². The van der Waals surface area contributed by atoms with Crippen molar-refractivity contribution in [1.29, 1.82) is 0 Å². The van der Waals surface area contributed by atoms with Crippen LogP contribution in [0, 0.1) is 12.7 Å². The highest BCUT2D eigenvalue weighted by molar-refractivity contribution is 6.31. The molecular formula is C23H25ClFN5O5. The van der Waals surface area contributed by atoms with E-state index in [0.29, 0.717) is 36.1 Å². The predicted molar refractivity (Wildman–Crippen MR) is 125 cm³/mol. The molecule has 1 saturated heterocycles. The lowest BCUT2D eigenvalue weighted by Crippen LogP contribution is -2.52. The second-order valence-electron chi connectivity index (χ2n) is 8.27. The highest BCUT2D eigenvalue weighted by Crippen LogP contribution is 2.36. The first-order valence-corrected chi connectivity index (χ1v) is 11.2. The molecule has 0 spiro atoms. The van der Waals surface area contributed by atoms with Crippen molar-refractivity contribution in [3.8, 4) is 0 Å². The van der Waals surface area contributed by atoms with E-state index in [9.17, 15) is 19.1 Å². The summed E-state index contributed by atoms with van der Waals surface area (Å²) in [6.45, 7) is 2.61. The zero-order chi connectivity index (χ0) is 25.3. The van der Waals surface area contributed by atoms with E-state index in [-0.39, 0.29) is 23.7 Å². The smallest absolute Gasteiger partial charge is 0.338 e. The average molecular weight is 506 g/mol. The Bertz CT molecular complexity index is 1230. The van der Waals surface area contributed by atoms with Gasteiger partial charge in [-0.15, -0.1) is 0 Å². The first-order chi connectivity index (χ1) is 16.7. The number of aromatic nitrogens is 2. The van der Waals surface area contributed by atoms with Gasteiger partial charge in [-0.25, -0.2) is 14.2 Å². The van der Waals surface area contributed by atoms with E-state index in [1.165, 1.54) is 19.2 Å². The number of nitrogens with zero attached hydrogens (tertiary/aromatic N) is 4. The van der Waals surface area contributed by atoms with Crippen molar-refractivity contribution in [1.82, 2.24) is 19.8 Å². The summed E-state index contributed by atoms with van der Waals surface area (Å²) in [7, 11) is 3.05. The summed E-state index contributed by atoms with van der Waals surface area (Å²) in [5.41, 5.74) is 1.69. The maximum absolute atomic E-state index is 13.8. The highest BCUT2D eigenvalue weighted by Gasteiger charge is 2.37. The third-order valence-electron chi connectivity index (χ3n) is 5.88. The molecule has 4 rings (SSSR count). The van der Waals surface area contributed by atoms with Gasteiger partial charge >= 0.3 is 11.9 Å². The third kappa shape index (κ3) is 5.07. The zero-order valence-corrected chi connectivity index (χ0v) is 20.2. The van der Waals surface area contributed by atoms with E-state index in [1.807, 2.05) is 13.1 Å². The van der Waals surface area contributed by atoms with E-state index in [0.717, 1.165) is 11.8 Å². The number of hydrogen-bond donors (Lipinski definition) is 2. The van der Waals surface area contributed by atoms with Gasteiger partial charge in [0.25, 0.3) is 0 Å². The van der Waals surface area contributed by atoms with E-state index in [2.05, 4.69) is 10.3 Å². The number of rotatable bonds is 6. The number of aryl methyl sites for hydroxylation is 2. The van der Waals surface area contributed by atoms with Crippen LogP contribution < -0.4 is 5.32 Å². The second-order valence-corrected chi connectivity index (χ2v) is 8.68. The van der Waals surface area contributed by atoms with Crippen LogP contribution in [0.1, 0.15) is 23.1 Å². The van der Waals surface area contributed by atoms with Gasteiger partial charge in [0.1, 0.15) is 17.9 Å². The normalized spacial score (nSPS) is 20.9. The number of methoxy groups -OCH3 is 1. The lowest BCUT2D eigenvalue weighted by molar-refractivity contribution is -0.149. The Hall–Kier alpha value is -3.28. The number of carboxylic acids is 1. The molecule has 2 N–H and O–H groups in total. The van der Waals surface area contributed by atoms with Crippen molar-refractivity contribution in [2.75, 3.05) is 33.4 Å². The number of nitrogens with one attached hydrogen (secondary N) is 1. The molecule has 1 aromatic carbocycles. The van der Waals surface area contributed by atoms with Crippen LogP contribution in [0.15, 0.2) is 40.7 Å². The minimum atomic E-state index is -1.03.